The van der Waals surface area contributed by atoms with Gasteiger partial charge in [-0.3, -0.25) is 0 Å². The van der Waals surface area contributed by atoms with Crippen LogP contribution in [0.25, 0.3) is 0 Å². The molecule has 2 rings (SSSR count). The van der Waals surface area contributed by atoms with Crippen LogP contribution >= 0.6 is 0 Å². The molecule has 2 aliphatic carbocycles. The molecule has 0 amide bonds. The quantitative estimate of drug-likeness (QED) is 0.699. The molecule has 0 atom stereocenters. The average molecular weight is 372 g/mol. The molecule has 0 unspecified atom stereocenters. The average Bonchev–Trinajstić information content (AvgIpc) is 2.92. The van der Waals surface area contributed by atoms with E-state index in [2.05, 4.69) is 65.2 Å². The molecule has 0 saturated heterocycles. The van der Waals surface area contributed by atoms with Gasteiger partial charge in [-0.15, -0.1) is 0 Å². The fourth-order valence-corrected chi connectivity index (χ4v) is 1.30. The van der Waals surface area contributed by atoms with E-state index in [0.29, 0.717) is 0 Å². The van der Waals surface area contributed by atoms with Crippen molar-refractivity contribution in [2.75, 3.05) is 0 Å². The Balaban J connectivity index is 0.000000245. The van der Waals surface area contributed by atoms with Gasteiger partial charge in [-0.1, -0.05) is 13.8 Å². The van der Waals surface area contributed by atoms with Crippen molar-refractivity contribution in [2.45, 2.75) is 26.7 Å². The van der Waals surface area contributed by atoms with Crippen LogP contribution in [-0.2, 0) is 21.1 Å². The maximum absolute atomic E-state index is 2.16. The minimum atomic E-state index is 0. The van der Waals surface area contributed by atoms with Crippen LogP contribution in [0.15, 0.2) is 0 Å². The van der Waals surface area contributed by atoms with Crippen molar-refractivity contribution in [3.05, 3.63) is 63.2 Å². The van der Waals surface area contributed by atoms with Crippen LogP contribution < -0.4 is 0 Å². The molecule has 0 spiro atoms. The van der Waals surface area contributed by atoms with Gasteiger partial charge >= 0.3 is 21.1 Å². The third kappa shape index (κ3) is 6.77. The molecule has 2 aliphatic rings. The van der Waals surface area contributed by atoms with E-state index in [9.17, 15) is 0 Å². The van der Waals surface area contributed by atoms with Gasteiger partial charge in [-0.05, 0) is 76.0 Å². The summed E-state index contributed by atoms with van der Waals surface area (Å²) in [5.41, 5.74) is 0. The van der Waals surface area contributed by atoms with Gasteiger partial charge in [-0.25, -0.2) is 0 Å². The molecule has 82 valence electrons. The predicted octanol–water partition coefficient (Wildman–Crippen LogP) is 3.07. The molecule has 0 aromatic heterocycles. The standard InChI is InChI=1S/2C7H9.W.2H/c2*1-2-7-5-3-4-6-7;;;/h2*3-6H,2H2,1H3;;;. The van der Waals surface area contributed by atoms with Crippen molar-refractivity contribution < 1.29 is 21.1 Å². The Kier molecular flexibility index (Phi) is 10.3. The normalized spacial score (nSPS) is 22.0. The van der Waals surface area contributed by atoms with Gasteiger partial charge in [0.25, 0.3) is 0 Å². The van der Waals surface area contributed by atoms with Crippen molar-refractivity contribution in [3.8, 4) is 0 Å². The van der Waals surface area contributed by atoms with Crippen molar-refractivity contribution >= 4 is 0 Å². The van der Waals surface area contributed by atoms with Crippen LogP contribution in [0.2, 0.25) is 0 Å². The van der Waals surface area contributed by atoms with Gasteiger partial charge < -0.3 is 0 Å². The Hall–Kier alpha value is 0.688. The van der Waals surface area contributed by atoms with Crippen LogP contribution in [0.4, 0.5) is 0 Å². The Morgan fingerprint density at radius 2 is 0.933 bits per heavy atom. The second kappa shape index (κ2) is 9.88. The van der Waals surface area contributed by atoms with Crippen LogP contribution in [-0.4, -0.2) is 0 Å². The number of rotatable bonds is 2. The predicted molar refractivity (Wildman–Crippen MR) is 64.3 cm³/mol. The summed E-state index contributed by atoms with van der Waals surface area (Å²) in [5, 5.41) is 0. The first-order valence-corrected chi connectivity index (χ1v) is 5.28. The molecule has 0 heterocycles. The van der Waals surface area contributed by atoms with E-state index in [-0.39, 0.29) is 21.1 Å². The van der Waals surface area contributed by atoms with Crippen molar-refractivity contribution in [3.63, 3.8) is 0 Å². The fourth-order valence-electron chi connectivity index (χ4n) is 1.30. The van der Waals surface area contributed by atoms with E-state index in [4.69, 9.17) is 0 Å². The van der Waals surface area contributed by atoms with Gasteiger partial charge in [-0.2, -0.15) is 0 Å². The van der Waals surface area contributed by atoms with Crippen molar-refractivity contribution in [2.24, 2.45) is 0 Å². The monoisotopic (exact) mass is 372 g/mol. The summed E-state index contributed by atoms with van der Waals surface area (Å²) in [6.45, 7) is 4.32. The third-order valence-electron chi connectivity index (χ3n) is 2.28. The van der Waals surface area contributed by atoms with Gasteiger partial charge in [0.1, 0.15) is 0 Å². The Morgan fingerprint density at radius 1 is 0.667 bits per heavy atom. The van der Waals surface area contributed by atoms with E-state index < -0.39 is 0 Å². The Morgan fingerprint density at radius 3 is 1.07 bits per heavy atom. The van der Waals surface area contributed by atoms with E-state index in [0.717, 1.165) is 12.8 Å². The second-order valence-electron chi connectivity index (χ2n) is 3.29. The van der Waals surface area contributed by atoms with Gasteiger partial charge in [0.05, 0.1) is 0 Å². The number of hydrogen-bond acceptors (Lipinski definition) is 0. The Bertz CT molecular complexity index is 105. The van der Waals surface area contributed by atoms with Crippen molar-refractivity contribution in [1.29, 1.82) is 0 Å². The molecule has 2 saturated carbocycles. The molecule has 0 aliphatic heterocycles. The van der Waals surface area contributed by atoms with Crippen LogP contribution in [0, 0.1) is 63.2 Å². The fraction of sp³-hybridized carbons (Fsp3) is 0.286. The first-order valence-electron chi connectivity index (χ1n) is 5.28. The maximum atomic E-state index is 2.16. The zero-order valence-corrected chi connectivity index (χ0v) is 13.1. The molecule has 15 heavy (non-hydrogen) atoms. The molecule has 0 aromatic carbocycles. The molecule has 0 N–H and O–H groups in total. The molecule has 0 nitrogen and oxygen atoms in total. The summed E-state index contributed by atoms with van der Waals surface area (Å²) in [6, 6.07) is 0. The van der Waals surface area contributed by atoms with Crippen LogP contribution in [0.3, 0.4) is 0 Å². The molecule has 0 bridgehead atoms. The van der Waals surface area contributed by atoms with Crippen LogP contribution in [0.5, 0.6) is 0 Å². The summed E-state index contributed by atoms with van der Waals surface area (Å²) in [5.74, 6) is 2.86. The summed E-state index contributed by atoms with van der Waals surface area (Å²) in [7, 11) is 0. The zero-order chi connectivity index (χ0) is 10.2. The Labute approximate surface area is 111 Å². The molecule has 1 heteroatoms. The second-order valence-corrected chi connectivity index (χ2v) is 3.29. The zero-order valence-electron chi connectivity index (χ0n) is 9.53. The first-order chi connectivity index (χ1) is 6.86. The summed E-state index contributed by atoms with van der Waals surface area (Å²) in [6.07, 6.45) is 19.1. The molecular formula is C14H20W. The first kappa shape index (κ1) is 15.7. The SMILES string of the molecule is CC[C]1[CH][CH][CH][CH]1.CC[C]1[CH][CH][CH][CH]1.[WH2]. The van der Waals surface area contributed by atoms with Gasteiger partial charge in [0.15, 0.2) is 0 Å². The van der Waals surface area contributed by atoms with E-state index in [1.165, 1.54) is 11.8 Å². The van der Waals surface area contributed by atoms with Crippen molar-refractivity contribution in [1.82, 2.24) is 0 Å². The van der Waals surface area contributed by atoms with E-state index in [1.807, 2.05) is 0 Å². The van der Waals surface area contributed by atoms with E-state index in [1.54, 1.807) is 0 Å². The number of hydrogen-bond donors (Lipinski definition) is 0. The molecule has 0 aromatic rings. The van der Waals surface area contributed by atoms with Crippen LogP contribution in [0.1, 0.15) is 26.7 Å². The third-order valence-corrected chi connectivity index (χ3v) is 2.28. The molecule has 10 radical (unpaired) electrons. The molecular weight excluding hydrogens is 352 g/mol. The van der Waals surface area contributed by atoms with Gasteiger partial charge in [0, 0.05) is 0 Å². The van der Waals surface area contributed by atoms with Gasteiger partial charge in [0.2, 0.25) is 0 Å². The minimum absolute atomic E-state index is 0. The topological polar surface area (TPSA) is 0 Å². The summed E-state index contributed by atoms with van der Waals surface area (Å²) < 4.78 is 0. The summed E-state index contributed by atoms with van der Waals surface area (Å²) in [4.78, 5) is 0. The molecule has 2 fully saturated rings. The summed E-state index contributed by atoms with van der Waals surface area (Å²) >= 11 is 0. The van der Waals surface area contributed by atoms with E-state index >= 15 is 0 Å².